The minimum atomic E-state index is 0.0668. The number of nitrogens with zero attached hydrogens (tertiary/aromatic N) is 3. The molecule has 4 heteroatoms. The molecule has 0 aliphatic carbocycles. The summed E-state index contributed by atoms with van der Waals surface area (Å²) in [5, 5.41) is 10.3. The predicted octanol–water partition coefficient (Wildman–Crippen LogP) is 4.21. The Hall–Kier alpha value is -3.19. The highest BCUT2D eigenvalue weighted by atomic mass is 16.1. The molecule has 1 aliphatic rings. The molecule has 1 aliphatic heterocycles. The van der Waals surface area contributed by atoms with Crippen LogP contribution < -0.4 is 4.90 Å². The summed E-state index contributed by atoms with van der Waals surface area (Å²) >= 11 is 0. The van der Waals surface area contributed by atoms with Crippen molar-refractivity contribution in [2.45, 2.75) is 12.8 Å². The number of pyridine rings is 1. The molecule has 128 valence electrons. The van der Waals surface area contributed by atoms with Gasteiger partial charge in [-0.15, -0.1) is 0 Å². The van der Waals surface area contributed by atoms with Crippen molar-refractivity contribution in [3.63, 3.8) is 0 Å². The summed E-state index contributed by atoms with van der Waals surface area (Å²) in [6.45, 7) is 1.62. The summed E-state index contributed by atoms with van der Waals surface area (Å²) in [5.41, 5.74) is 3.11. The van der Waals surface area contributed by atoms with Gasteiger partial charge in [0.25, 0.3) is 0 Å². The molecule has 1 fully saturated rings. The average molecular weight is 341 g/mol. The topological polar surface area (TPSA) is 57.0 Å². The molecule has 0 atom stereocenters. The summed E-state index contributed by atoms with van der Waals surface area (Å²) in [7, 11) is 0. The minimum absolute atomic E-state index is 0.0668. The molecule has 1 aromatic heterocycles. The number of rotatable bonds is 3. The van der Waals surface area contributed by atoms with Gasteiger partial charge in [0.1, 0.15) is 11.8 Å². The number of para-hydroxylation sites is 1. The van der Waals surface area contributed by atoms with Gasteiger partial charge >= 0.3 is 0 Å². The number of aromatic nitrogens is 1. The van der Waals surface area contributed by atoms with Crippen LogP contribution in [0.2, 0.25) is 0 Å². The maximum absolute atomic E-state index is 12.7. The van der Waals surface area contributed by atoms with E-state index in [0.717, 1.165) is 48.1 Å². The molecular weight excluding hydrogens is 322 g/mol. The molecule has 4 rings (SSSR count). The highest BCUT2D eigenvalue weighted by molar-refractivity contribution is 5.98. The second-order valence-corrected chi connectivity index (χ2v) is 6.65. The fourth-order valence-corrected chi connectivity index (χ4v) is 3.70. The van der Waals surface area contributed by atoms with Gasteiger partial charge in [0.2, 0.25) is 0 Å². The fourth-order valence-electron chi connectivity index (χ4n) is 3.70. The van der Waals surface area contributed by atoms with Crippen LogP contribution in [-0.4, -0.2) is 23.9 Å². The first-order valence-electron chi connectivity index (χ1n) is 8.90. The molecule has 2 heterocycles. The van der Waals surface area contributed by atoms with Crippen LogP contribution in [0.4, 0.5) is 5.69 Å². The third kappa shape index (κ3) is 3.04. The zero-order valence-corrected chi connectivity index (χ0v) is 14.4. The van der Waals surface area contributed by atoms with Gasteiger partial charge in [0.05, 0.1) is 5.52 Å². The number of benzene rings is 2. The van der Waals surface area contributed by atoms with Crippen LogP contribution >= 0.6 is 0 Å². The summed E-state index contributed by atoms with van der Waals surface area (Å²) in [4.78, 5) is 19.4. The van der Waals surface area contributed by atoms with Crippen molar-refractivity contribution in [1.82, 2.24) is 4.98 Å². The van der Waals surface area contributed by atoms with Gasteiger partial charge in [0.15, 0.2) is 5.78 Å². The smallest absolute Gasteiger partial charge is 0.166 e. The SMILES string of the molecule is N#Cc1cc(N2CCC(C(=O)c3ccccc3)CC2)c2ccccc2n1. The van der Waals surface area contributed by atoms with Crippen molar-refractivity contribution in [2.24, 2.45) is 5.92 Å². The van der Waals surface area contributed by atoms with Crippen molar-refractivity contribution in [2.75, 3.05) is 18.0 Å². The number of Topliss-reactive ketones (excluding diaryl/α,β-unsaturated/α-hetero) is 1. The largest absolute Gasteiger partial charge is 0.371 e. The number of carbonyl (C=O) groups is 1. The first-order chi connectivity index (χ1) is 12.8. The molecule has 3 aromatic rings. The van der Waals surface area contributed by atoms with Crippen LogP contribution in [0.25, 0.3) is 10.9 Å². The van der Waals surface area contributed by atoms with E-state index < -0.39 is 0 Å². The quantitative estimate of drug-likeness (QED) is 0.670. The van der Waals surface area contributed by atoms with Gasteiger partial charge in [-0.05, 0) is 25.0 Å². The Morgan fingerprint density at radius 3 is 2.46 bits per heavy atom. The Kier molecular flexibility index (Phi) is 4.37. The minimum Gasteiger partial charge on any atom is -0.371 e. The lowest BCUT2D eigenvalue weighted by Gasteiger charge is -2.33. The highest BCUT2D eigenvalue weighted by Crippen LogP contribution is 2.31. The van der Waals surface area contributed by atoms with Crippen LogP contribution in [0.3, 0.4) is 0 Å². The Morgan fingerprint density at radius 1 is 1.04 bits per heavy atom. The lowest BCUT2D eigenvalue weighted by Crippen LogP contribution is -2.36. The number of ketones is 1. The summed E-state index contributed by atoms with van der Waals surface area (Å²) in [6.07, 6.45) is 1.65. The van der Waals surface area contributed by atoms with E-state index in [4.69, 9.17) is 0 Å². The van der Waals surface area contributed by atoms with Gasteiger partial charge < -0.3 is 4.90 Å². The number of nitriles is 1. The van der Waals surface area contributed by atoms with Gasteiger partial charge in [-0.25, -0.2) is 4.98 Å². The number of anilines is 1. The predicted molar refractivity (Wildman–Crippen MR) is 102 cm³/mol. The van der Waals surface area contributed by atoms with E-state index in [1.165, 1.54) is 0 Å². The monoisotopic (exact) mass is 341 g/mol. The molecule has 0 unspecified atom stereocenters. The summed E-state index contributed by atoms with van der Waals surface area (Å²) in [6, 6.07) is 21.5. The van der Waals surface area contributed by atoms with Gasteiger partial charge in [-0.1, -0.05) is 48.5 Å². The van der Waals surface area contributed by atoms with Crippen LogP contribution in [0, 0.1) is 17.2 Å². The van der Waals surface area contributed by atoms with Gasteiger partial charge in [-0.2, -0.15) is 5.26 Å². The van der Waals surface area contributed by atoms with E-state index in [1.54, 1.807) is 0 Å². The van der Waals surface area contributed by atoms with E-state index in [2.05, 4.69) is 16.0 Å². The standard InChI is InChI=1S/C22H19N3O/c23-15-18-14-21(19-8-4-5-9-20(19)24-18)25-12-10-17(11-13-25)22(26)16-6-2-1-3-7-16/h1-9,14,17H,10-13H2. The first kappa shape index (κ1) is 16.3. The molecule has 0 N–H and O–H groups in total. The Morgan fingerprint density at radius 2 is 1.73 bits per heavy atom. The lowest BCUT2D eigenvalue weighted by atomic mass is 9.88. The number of hydrogen-bond acceptors (Lipinski definition) is 4. The Bertz CT molecular complexity index is 983. The molecule has 26 heavy (non-hydrogen) atoms. The number of fused-ring (bicyclic) bond motifs is 1. The Labute approximate surface area is 152 Å². The van der Waals surface area contributed by atoms with Crippen molar-refractivity contribution in [1.29, 1.82) is 5.26 Å². The molecule has 0 spiro atoms. The normalized spacial score (nSPS) is 15.0. The number of carbonyl (C=O) groups excluding carboxylic acids is 1. The number of piperidine rings is 1. The van der Waals surface area contributed by atoms with E-state index >= 15 is 0 Å². The maximum Gasteiger partial charge on any atom is 0.166 e. The summed E-state index contributed by atoms with van der Waals surface area (Å²) < 4.78 is 0. The highest BCUT2D eigenvalue weighted by Gasteiger charge is 2.26. The van der Waals surface area contributed by atoms with Crippen LogP contribution in [-0.2, 0) is 0 Å². The molecule has 0 saturated carbocycles. The van der Waals surface area contributed by atoms with Crippen molar-refractivity contribution in [3.05, 3.63) is 71.9 Å². The second kappa shape index (κ2) is 6.97. The van der Waals surface area contributed by atoms with Crippen molar-refractivity contribution >= 4 is 22.4 Å². The molecular formula is C22H19N3O. The van der Waals surface area contributed by atoms with Crippen LogP contribution in [0.15, 0.2) is 60.7 Å². The van der Waals surface area contributed by atoms with Crippen LogP contribution in [0.1, 0.15) is 28.9 Å². The summed E-state index contributed by atoms with van der Waals surface area (Å²) in [5.74, 6) is 0.305. The van der Waals surface area contributed by atoms with Crippen molar-refractivity contribution in [3.8, 4) is 6.07 Å². The third-order valence-electron chi connectivity index (χ3n) is 5.07. The van der Waals surface area contributed by atoms with Crippen molar-refractivity contribution < 1.29 is 4.79 Å². The van der Waals surface area contributed by atoms with Gasteiger partial charge in [0, 0.05) is 35.6 Å². The molecule has 0 radical (unpaired) electrons. The molecule has 0 bridgehead atoms. The molecule has 2 aromatic carbocycles. The van der Waals surface area contributed by atoms with E-state index in [-0.39, 0.29) is 11.7 Å². The van der Waals surface area contributed by atoms with E-state index in [0.29, 0.717) is 5.69 Å². The van der Waals surface area contributed by atoms with Crippen LogP contribution in [0.5, 0.6) is 0 Å². The zero-order valence-electron chi connectivity index (χ0n) is 14.4. The second-order valence-electron chi connectivity index (χ2n) is 6.65. The molecule has 0 amide bonds. The first-order valence-corrected chi connectivity index (χ1v) is 8.90. The van der Waals surface area contributed by atoms with E-state index in [9.17, 15) is 10.1 Å². The fraction of sp³-hybridized carbons (Fsp3) is 0.227. The third-order valence-corrected chi connectivity index (χ3v) is 5.07. The van der Waals surface area contributed by atoms with Gasteiger partial charge in [-0.3, -0.25) is 4.79 Å². The maximum atomic E-state index is 12.7. The Balaban J connectivity index is 1.56. The molecule has 4 nitrogen and oxygen atoms in total. The number of hydrogen-bond donors (Lipinski definition) is 0. The molecule has 1 saturated heterocycles. The zero-order chi connectivity index (χ0) is 17.9. The average Bonchev–Trinajstić information content (AvgIpc) is 2.73. The lowest BCUT2D eigenvalue weighted by molar-refractivity contribution is 0.0900. The van der Waals surface area contributed by atoms with E-state index in [1.807, 2.05) is 60.7 Å².